The monoisotopic (exact) mass is 447 g/mol. The number of benzene rings is 1. The zero-order valence-electron chi connectivity index (χ0n) is 18.3. The largest absolute Gasteiger partial charge is 0.396 e. The summed E-state index contributed by atoms with van der Waals surface area (Å²) >= 11 is 0. The number of halogens is 2. The molecule has 1 saturated heterocycles. The number of primary amides is 1. The van der Waals surface area contributed by atoms with Crippen LogP contribution in [-0.2, 0) is 16.8 Å². The van der Waals surface area contributed by atoms with E-state index in [1.807, 2.05) is 13.8 Å². The van der Waals surface area contributed by atoms with Crippen molar-refractivity contribution in [2.24, 2.45) is 5.73 Å². The maximum Gasteiger partial charge on any atom is 0.254 e. The summed E-state index contributed by atoms with van der Waals surface area (Å²) in [6.07, 6.45) is 1.94. The number of nitrogens with two attached hydrogens (primary N) is 2. The van der Waals surface area contributed by atoms with Crippen molar-refractivity contribution in [3.63, 3.8) is 0 Å². The highest BCUT2D eigenvalue weighted by Gasteiger charge is 2.38. The Bertz CT molecular complexity index is 1210. The van der Waals surface area contributed by atoms with Crippen molar-refractivity contribution in [1.82, 2.24) is 9.47 Å². The lowest BCUT2D eigenvalue weighted by molar-refractivity contribution is -0.129. The average molecular weight is 447 g/mol. The highest BCUT2D eigenvalue weighted by Crippen LogP contribution is 2.41. The van der Waals surface area contributed by atoms with Gasteiger partial charge in [-0.15, -0.1) is 0 Å². The summed E-state index contributed by atoms with van der Waals surface area (Å²) in [6, 6.07) is -0.269. The number of carbonyl (C=O) groups is 2. The van der Waals surface area contributed by atoms with Crippen LogP contribution in [0.4, 0.5) is 20.2 Å². The molecule has 2 aliphatic heterocycles. The first-order valence-corrected chi connectivity index (χ1v) is 10.7. The predicted molar refractivity (Wildman–Crippen MR) is 118 cm³/mol. The number of likely N-dealkylation sites (tertiary alicyclic amines) is 1. The standard InChI is InChI=1S/C22H27F2N5O3/c1-10(30)28-8-5-11(6-9-28)27-18-15(23)17(25)14-19(16(18)24)29-12(4-7-22(29,2)3)13(20(14)31)21(26)32/h11,27H,4-9,25H2,1-3H3,(H2,26,32). The fourth-order valence-corrected chi connectivity index (χ4v) is 5.00. The zero-order valence-corrected chi connectivity index (χ0v) is 18.3. The number of piperidine rings is 1. The van der Waals surface area contributed by atoms with Gasteiger partial charge in [-0.05, 0) is 39.5 Å². The maximum atomic E-state index is 15.9. The van der Waals surface area contributed by atoms with Crippen LogP contribution in [0.1, 0.15) is 56.1 Å². The number of hydrogen-bond acceptors (Lipinski definition) is 5. The molecule has 0 saturated carbocycles. The van der Waals surface area contributed by atoms with Gasteiger partial charge in [0.1, 0.15) is 11.3 Å². The summed E-state index contributed by atoms with van der Waals surface area (Å²) in [7, 11) is 0. The Morgan fingerprint density at radius 3 is 2.34 bits per heavy atom. The second kappa shape index (κ2) is 7.46. The third-order valence-corrected chi connectivity index (χ3v) is 6.74. The number of nitrogens with zero attached hydrogens (tertiary/aromatic N) is 2. The Kier molecular flexibility index (Phi) is 5.14. The van der Waals surface area contributed by atoms with Gasteiger partial charge < -0.3 is 26.3 Å². The molecule has 5 N–H and O–H groups in total. The molecule has 3 heterocycles. The summed E-state index contributed by atoms with van der Waals surface area (Å²) in [5.41, 5.74) is 8.99. The van der Waals surface area contributed by atoms with E-state index >= 15 is 8.78 Å². The molecule has 0 aliphatic carbocycles. The SMILES string of the molecule is CC(=O)N1CCC(Nc2c(F)c(N)c3c(=O)c(C(N)=O)c4n(c3c2F)C(C)(C)CC4)CC1. The Hall–Kier alpha value is -3.17. The molecule has 0 bridgehead atoms. The van der Waals surface area contributed by atoms with Gasteiger partial charge in [-0.3, -0.25) is 14.4 Å². The number of nitrogen functional groups attached to an aromatic ring is 1. The second-order valence-electron chi connectivity index (χ2n) is 9.23. The number of hydrogen-bond donors (Lipinski definition) is 3. The first-order chi connectivity index (χ1) is 15.0. The molecular weight excluding hydrogens is 420 g/mol. The molecule has 10 heteroatoms. The number of fused-ring (bicyclic) bond motifs is 3. The van der Waals surface area contributed by atoms with E-state index in [1.54, 1.807) is 9.47 Å². The first-order valence-electron chi connectivity index (χ1n) is 10.7. The van der Waals surface area contributed by atoms with Crippen molar-refractivity contribution < 1.29 is 18.4 Å². The van der Waals surface area contributed by atoms with Gasteiger partial charge in [0.15, 0.2) is 11.6 Å². The van der Waals surface area contributed by atoms with E-state index in [2.05, 4.69) is 5.32 Å². The van der Waals surface area contributed by atoms with E-state index in [-0.39, 0.29) is 28.4 Å². The molecule has 172 valence electrons. The number of aromatic nitrogens is 1. The van der Waals surface area contributed by atoms with Crippen molar-refractivity contribution in [3.05, 3.63) is 33.1 Å². The molecule has 0 unspecified atom stereocenters. The van der Waals surface area contributed by atoms with Crippen molar-refractivity contribution in [2.45, 2.75) is 58.0 Å². The molecule has 0 radical (unpaired) electrons. The normalized spacial score (nSPS) is 18.1. The molecule has 2 amide bonds. The number of nitrogens with one attached hydrogen (secondary N) is 1. The third-order valence-electron chi connectivity index (χ3n) is 6.74. The van der Waals surface area contributed by atoms with Crippen molar-refractivity contribution in [1.29, 1.82) is 0 Å². The number of amides is 2. The van der Waals surface area contributed by atoms with Crippen LogP contribution in [0.25, 0.3) is 10.9 Å². The van der Waals surface area contributed by atoms with E-state index in [9.17, 15) is 14.4 Å². The number of anilines is 2. The summed E-state index contributed by atoms with van der Waals surface area (Å²) < 4.78 is 32.7. The van der Waals surface area contributed by atoms with Crippen LogP contribution in [0.15, 0.2) is 4.79 Å². The summed E-state index contributed by atoms with van der Waals surface area (Å²) in [5, 5.41) is 2.54. The van der Waals surface area contributed by atoms with Crippen LogP contribution in [-0.4, -0.2) is 40.4 Å². The van der Waals surface area contributed by atoms with Crippen LogP contribution < -0.4 is 22.2 Å². The maximum absolute atomic E-state index is 15.9. The third kappa shape index (κ3) is 3.20. The van der Waals surface area contributed by atoms with E-state index in [0.717, 1.165) is 0 Å². The van der Waals surface area contributed by atoms with Gasteiger partial charge >= 0.3 is 0 Å². The topological polar surface area (TPSA) is 123 Å². The fraction of sp³-hybridized carbons (Fsp3) is 0.500. The first kappa shape index (κ1) is 22.0. The molecule has 1 aromatic carbocycles. The van der Waals surface area contributed by atoms with Gasteiger partial charge in [0, 0.05) is 37.3 Å². The van der Waals surface area contributed by atoms with Gasteiger partial charge in [0.05, 0.1) is 16.6 Å². The van der Waals surface area contributed by atoms with E-state index in [4.69, 9.17) is 11.5 Å². The van der Waals surface area contributed by atoms with E-state index < -0.39 is 39.9 Å². The van der Waals surface area contributed by atoms with Gasteiger partial charge in [0.2, 0.25) is 11.3 Å². The average Bonchev–Trinajstić information content (AvgIpc) is 3.03. The fourth-order valence-electron chi connectivity index (χ4n) is 5.00. The molecular formula is C22H27F2N5O3. The Balaban J connectivity index is 1.91. The molecule has 0 spiro atoms. The number of pyridine rings is 1. The molecule has 0 atom stereocenters. The minimum atomic E-state index is -1.08. The summed E-state index contributed by atoms with van der Waals surface area (Å²) in [4.78, 5) is 38.4. The van der Waals surface area contributed by atoms with E-state index in [0.29, 0.717) is 44.5 Å². The highest BCUT2D eigenvalue weighted by molar-refractivity contribution is 6.02. The molecule has 4 rings (SSSR count). The Morgan fingerprint density at radius 1 is 1.16 bits per heavy atom. The van der Waals surface area contributed by atoms with Crippen LogP contribution in [0, 0.1) is 11.6 Å². The lowest BCUT2D eigenvalue weighted by atomic mass is 10.0. The van der Waals surface area contributed by atoms with Crippen molar-refractivity contribution in [3.8, 4) is 0 Å². The lowest BCUT2D eigenvalue weighted by Crippen LogP contribution is -2.41. The van der Waals surface area contributed by atoms with Crippen LogP contribution in [0.5, 0.6) is 0 Å². The number of rotatable bonds is 3. The van der Waals surface area contributed by atoms with E-state index in [1.165, 1.54) is 6.92 Å². The minimum Gasteiger partial charge on any atom is -0.396 e. The number of carbonyl (C=O) groups excluding carboxylic acids is 2. The van der Waals surface area contributed by atoms with Crippen molar-refractivity contribution in [2.75, 3.05) is 24.1 Å². The second-order valence-corrected chi connectivity index (χ2v) is 9.23. The lowest BCUT2D eigenvalue weighted by Gasteiger charge is -2.33. The molecule has 2 aliphatic rings. The van der Waals surface area contributed by atoms with Gasteiger partial charge in [-0.25, -0.2) is 8.78 Å². The summed E-state index contributed by atoms with van der Waals surface area (Å²) in [5.74, 6) is -2.99. The zero-order chi connectivity index (χ0) is 23.5. The molecule has 32 heavy (non-hydrogen) atoms. The minimum absolute atomic E-state index is 0.0433. The van der Waals surface area contributed by atoms with Gasteiger partial charge in [-0.2, -0.15) is 0 Å². The van der Waals surface area contributed by atoms with Gasteiger partial charge in [-0.1, -0.05) is 0 Å². The van der Waals surface area contributed by atoms with Crippen molar-refractivity contribution >= 4 is 34.1 Å². The van der Waals surface area contributed by atoms with Gasteiger partial charge in [0.25, 0.3) is 5.91 Å². The molecule has 8 nitrogen and oxygen atoms in total. The van der Waals surface area contributed by atoms with Crippen LogP contribution in [0.2, 0.25) is 0 Å². The molecule has 1 fully saturated rings. The smallest absolute Gasteiger partial charge is 0.254 e. The van der Waals surface area contributed by atoms with Crippen LogP contribution >= 0.6 is 0 Å². The van der Waals surface area contributed by atoms with Crippen LogP contribution in [0.3, 0.4) is 0 Å². The highest BCUT2D eigenvalue weighted by atomic mass is 19.1. The molecule has 2 aromatic rings. The molecule has 1 aromatic heterocycles. The Morgan fingerprint density at radius 2 is 1.78 bits per heavy atom. The quantitative estimate of drug-likeness (QED) is 0.622. The predicted octanol–water partition coefficient (Wildman–Crippen LogP) is 2.06. The summed E-state index contributed by atoms with van der Waals surface area (Å²) in [6.45, 7) is 6.13. The Labute approximate surface area is 183 Å².